The summed E-state index contributed by atoms with van der Waals surface area (Å²) in [5, 5.41) is 7.71. The van der Waals surface area contributed by atoms with Gasteiger partial charge in [-0.05, 0) is 30.3 Å². The number of rotatable bonds is 4. The van der Waals surface area contributed by atoms with Crippen LogP contribution in [0, 0.1) is 17.5 Å². The Kier molecular flexibility index (Phi) is 4.19. The molecule has 21 heavy (non-hydrogen) atoms. The van der Waals surface area contributed by atoms with Crippen molar-refractivity contribution >= 4 is 15.7 Å². The molecule has 0 spiro atoms. The monoisotopic (exact) mass is 316 g/mol. The molecular formula is C13H11F3N2O2S. The fraction of sp³-hybridized carbons (Fsp3) is 0.0769. The Bertz CT molecular complexity index is 762. The van der Waals surface area contributed by atoms with Crippen molar-refractivity contribution in [2.24, 2.45) is 5.14 Å². The Morgan fingerprint density at radius 3 is 2.10 bits per heavy atom. The van der Waals surface area contributed by atoms with E-state index in [2.05, 4.69) is 5.32 Å². The van der Waals surface area contributed by atoms with Gasteiger partial charge in [-0.1, -0.05) is 0 Å². The van der Waals surface area contributed by atoms with Crippen LogP contribution in [0.15, 0.2) is 41.3 Å². The molecule has 0 aliphatic carbocycles. The lowest BCUT2D eigenvalue weighted by Crippen LogP contribution is -2.12. The van der Waals surface area contributed by atoms with E-state index in [1.165, 1.54) is 24.3 Å². The van der Waals surface area contributed by atoms with Gasteiger partial charge in [0.2, 0.25) is 10.0 Å². The van der Waals surface area contributed by atoms with E-state index in [1.54, 1.807) is 0 Å². The zero-order chi connectivity index (χ0) is 15.6. The van der Waals surface area contributed by atoms with Crippen molar-refractivity contribution in [2.75, 3.05) is 5.32 Å². The van der Waals surface area contributed by atoms with Gasteiger partial charge in [0, 0.05) is 23.9 Å². The number of halogens is 3. The van der Waals surface area contributed by atoms with Crippen molar-refractivity contribution in [1.82, 2.24) is 0 Å². The molecule has 3 N–H and O–H groups in total. The van der Waals surface area contributed by atoms with Gasteiger partial charge in [0.15, 0.2) is 11.6 Å². The van der Waals surface area contributed by atoms with Crippen LogP contribution in [0.1, 0.15) is 5.56 Å². The molecule has 0 bridgehead atoms. The van der Waals surface area contributed by atoms with Gasteiger partial charge in [-0.3, -0.25) is 0 Å². The molecule has 0 saturated heterocycles. The van der Waals surface area contributed by atoms with Crippen LogP contribution >= 0.6 is 0 Å². The predicted molar refractivity (Wildman–Crippen MR) is 71.5 cm³/mol. The zero-order valence-corrected chi connectivity index (χ0v) is 11.4. The third-order valence-corrected chi connectivity index (χ3v) is 3.68. The molecule has 0 aromatic heterocycles. The highest BCUT2D eigenvalue weighted by Gasteiger charge is 2.10. The summed E-state index contributed by atoms with van der Waals surface area (Å²) < 4.78 is 61.3. The van der Waals surface area contributed by atoms with E-state index >= 15 is 0 Å². The molecule has 0 heterocycles. The van der Waals surface area contributed by atoms with E-state index in [1.807, 2.05) is 0 Å². The average Bonchev–Trinajstić information content (AvgIpc) is 2.41. The molecule has 0 radical (unpaired) electrons. The summed E-state index contributed by atoms with van der Waals surface area (Å²) in [4.78, 5) is -0.0629. The second-order valence-corrected chi connectivity index (χ2v) is 5.84. The van der Waals surface area contributed by atoms with Crippen LogP contribution in [-0.4, -0.2) is 8.42 Å². The summed E-state index contributed by atoms with van der Waals surface area (Å²) in [6.07, 6.45) is 0. The molecule has 0 aliphatic rings. The fourth-order valence-corrected chi connectivity index (χ4v) is 2.17. The first-order valence-electron chi connectivity index (χ1n) is 5.77. The van der Waals surface area contributed by atoms with E-state index in [9.17, 15) is 21.6 Å². The summed E-state index contributed by atoms with van der Waals surface area (Å²) in [7, 11) is -3.78. The number of benzene rings is 2. The van der Waals surface area contributed by atoms with Crippen molar-refractivity contribution in [3.63, 3.8) is 0 Å². The molecule has 112 valence electrons. The van der Waals surface area contributed by atoms with Gasteiger partial charge < -0.3 is 5.32 Å². The Labute approximate surface area is 119 Å². The summed E-state index contributed by atoms with van der Waals surface area (Å²) in [6.45, 7) is -0.0856. The summed E-state index contributed by atoms with van der Waals surface area (Å²) in [5.74, 6) is -3.27. The molecule has 8 heteroatoms. The number of primary sulfonamides is 1. The number of hydrogen-bond donors (Lipinski definition) is 2. The van der Waals surface area contributed by atoms with E-state index in [0.29, 0.717) is 11.8 Å². The van der Waals surface area contributed by atoms with Crippen molar-refractivity contribution in [2.45, 2.75) is 11.4 Å². The molecular weight excluding hydrogens is 305 g/mol. The molecule has 0 unspecified atom stereocenters. The van der Waals surface area contributed by atoms with Gasteiger partial charge in [0.1, 0.15) is 5.82 Å². The minimum Gasteiger partial charge on any atom is -0.381 e. The van der Waals surface area contributed by atoms with Crippen LogP contribution in [-0.2, 0) is 16.6 Å². The van der Waals surface area contributed by atoms with Crippen LogP contribution in [0.2, 0.25) is 0 Å². The highest BCUT2D eigenvalue weighted by Crippen LogP contribution is 2.17. The van der Waals surface area contributed by atoms with Crippen LogP contribution in [0.3, 0.4) is 0 Å². The molecule has 2 rings (SSSR count). The number of nitrogens with one attached hydrogen (secondary N) is 1. The normalized spacial score (nSPS) is 11.4. The van der Waals surface area contributed by atoms with E-state index < -0.39 is 27.5 Å². The highest BCUT2D eigenvalue weighted by molar-refractivity contribution is 7.89. The summed E-state index contributed by atoms with van der Waals surface area (Å²) >= 11 is 0. The summed E-state index contributed by atoms with van der Waals surface area (Å²) in [6, 6.07) is 6.64. The SMILES string of the molecule is NS(=O)(=O)c1ccc(NCc2cc(F)c(F)cc2F)cc1. The molecule has 2 aromatic rings. The second-order valence-electron chi connectivity index (χ2n) is 4.28. The Hall–Kier alpha value is -2.06. The van der Waals surface area contributed by atoms with Crippen LogP contribution in [0.25, 0.3) is 0 Å². The maximum Gasteiger partial charge on any atom is 0.238 e. The first kappa shape index (κ1) is 15.3. The lowest BCUT2D eigenvalue weighted by atomic mass is 10.2. The lowest BCUT2D eigenvalue weighted by Gasteiger charge is -2.08. The zero-order valence-electron chi connectivity index (χ0n) is 10.6. The Morgan fingerprint density at radius 2 is 1.52 bits per heavy atom. The molecule has 0 amide bonds. The first-order chi connectivity index (χ1) is 9.77. The Morgan fingerprint density at radius 1 is 0.952 bits per heavy atom. The average molecular weight is 316 g/mol. The third-order valence-electron chi connectivity index (χ3n) is 2.76. The molecule has 2 aromatic carbocycles. The van der Waals surface area contributed by atoms with Gasteiger partial charge in [0.25, 0.3) is 0 Å². The minimum atomic E-state index is -3.78. The number of sulfonamides is 1. The molecule has 0 atom stereocenters. The van der Waals surface area contributed by atoms with Crippen LogP contribution in [0.4, 0.5) is 18.9 Å². The lowest BCUT2D eigenvalue weighted by molar-refractivity contribution is 0.490. The molecule has 0 aliphatic heterocycles. The second kappa shape index (κ2) is 5.74. The minimum absolute atomic E-state index is 0.0515. The van der Waals surface area contributed by atoms with Gasteiger partial charge in [-0.15, -0.1) is 0 Å². The topological polar surface area (TPSA) is 72.2 Å². The van der Waals surface area contributed by atoms with E-state index in [4.69, 9.17) is 5.14 Å². The molecule has 4 nitrogen and oxygen atoms in total. The third kappa shape index (κ3) is 3.73. The van der Waals surface area contributed by atoms with Gasteiger partial charge in [-0.2, -0.15) is 0 Å². The van der Waals surface area contributed by atoms with Crippen LogP contribution in [0.5, 0.6) is 0 Å². The maximum atomic E-state index is 13.4. The van der Waals surface area contributed by atoms with E-state index in [0.717, 1.165) is 6.07 Å². The highest BCUT2D eigenvalue weighted by atomic mass is 32.2. The fourth-order valence-electron chi connectivity index (χ4n) is 1.66. The predicted octanol–water partition coefficient (Wildman–Crippen LogP) is 2.36. The van der Waals surface area contributed by atoms with Crippen molar-refractivity contribution in [1.29, 1.82) is 0 Å². The largest absolute Gasteiger partial charge is 0.381 e. The van der Waals surface area contributed by atoms with Gasteiger partial charge >= 0.3 is 0 Å². The Balaban J connectivity index is 2.12. The maximum absolute atomic E-state index is 13.4. The van der Waals surface area contributed by atoms with Crippen molar-refractivity contribution < 1.29 is 21.6 Å². The van der Waals surface area contributed by atoms with Crippen molar-refractivity contribution in [3.05, 3.63) is 59.4 Å². The first-order valence-corrected chi connectivity index (χ1v) is 7.32. The molecule has 0 fully saturated rings. The van der Waals surface area contributed by atoms with Crippen molar-refractivity contribution in [3.8, 4) is 0 Å². The van der Waals surface area contributed by atoms with Crippen LogP contribution < -0.4 is 10.5 Å². The quantitative estimate of drug-likeness (QED) is 0.851. The number of hydrogen-bond acceptors (Lipinski definition) is 3. The number of anilines is 1. The molecule has 0 saturated carbocycles. The standard InChI is InChI=1S/C13H11F3N2O2S/c14-11-6-13(16)12(15)5-8(11)7-18-9-1-3-10(4-2-9)21(17,19)20/h1-6,18H,7H2,(H2,17,19,20). The van der Waals surface area contributed by atoms with E-state index in [-0.39, 0.29) is 17.0 Å². The van der Waals surface area contributed by atoms with Gasteiger partial charge in [0.05, 0.1) is 4.90 Å². The summed E-state index contributed by atoms with van der Waals surface area (Å²) in [5.41, 5.74) is 0.427. The van der Waals surface area contributed by atoms with Gasteiger partial charge in [-0.25, -0.2) is 26.7 Å². The number of nitrogens with two attached hydrogens (primary N) is 1. The smallest absolute Gasteiger partial charge is 0.238 e.